The van der Waals surface area contributed by atoms with Crippen molar-refractivity contribution in [1.82, 2.24) is 10.6 Å². The van der Waals surface area contributed by atoms with Gasteiger partial charge in [-0.15, -0.1) is 0 Å². The number of carbonyl (C=O) groups is 2. The highest BCUT2D eigenvalue weighted by atomic mass is 16.5. The molecule has 2 atom stereocenters. The van der Waals surface area contributed by atoms with Crippen molar-refractivity contribution in [3.05, 3.63) is 95.1 Å². The van der Waals surface area contributed by atoms with E-state index >= 15 is 0 Å². The summed E-state index contributed by atoms with van der Waals surface area (Å²) in [5.41, 5.74) is 2.35. The van der Waals surface area contributed by atoms with E-state index in [4.69, 9.17) is 14.2 Å². The number of hydrogen-bond donors (Lipinski definition) is 2. The Morgan fingerprint density at radius 3 is 1.47 bits per heavy atom. The first kappa shape index (κ1) is 26.3. The molecular weight excluding hydrogens is 456 g/mol. The van der Waals surface area contributed by atoms with Crippen molar-refractivity contribution in [3.8, 4) is 17.2 Å². The van der Waals surface area contributed by atoms with Gasteiger partial charge in [0.1, 0.15) is 5.57 Å². The molecule has 0 aliphatic carbocycles. The van der Waals surface area contributed by atoms with Crippen LogP contribution < -0.4 is 24.8 Å². The van der Waals surface area contributed by atoms with Crippen LogP contribution in [0.15, 0.2) is 78.4 Å². The van der Waals surface area contributed by atoms with Crippen molar-refractivity contribution in [2.24, 2.45) is 0 Å². The molecule has 7 nitrogen and oxygen atoms in total. The summed E-state index contributed by atoms with van der Waals surface area (Å²) >= 11 is 0. The third-order valence-electron chi connectivity index (χ3n) is 5.78. The van der Waals surface area contributed by atoms with Crippen molar-refractivity contribution in [2.75, 3.05) is 21.3 Å². The van der Waals surface area contributed by atoms with Gasteiger partial charge in [-0.05, 0) is 48.7 Å². The predicted octanol–water partition coefficient (Wildman–Crippen LogP) is 4.85. The average molecular weight is 489 g/mol. The molecule has 0 heterocycles. The lowest BCUT2D eigenvalue weighted by Crippen LogP contribution is -2.36. The van der Waals surface area contributed by atoms with E-state index in [-0.39, 0.29) is 17.7 Å². The summed E-state index contributed by atoms with van der Waals surface area (Å²) in [6.45, 7) is 3.74. The summed E-state index contributed by atoms with van der Waals surface area (Å²) in [6.07, 6.45) is 1.52. The van der Waals surface area contributed by atoms with E-state index in [9.17, 15) is 9.59 Å². The van der Waals surface area contributed by atoms with Gasteiger partial charge in [-0.3, -0.25) is 9.59 Å². The SMILES string of the molecule is COc1cc(C=C(C(=O)N[C@H](C)c2ccccc2)C(=O)N[C@H](C)c2ccccc2)cc(OC)c1OC. The fourth-order valence-electron chi connectivity index (χ4n) is 3.78. The van der Waals surface area contributed by atoms with Crippen LogP contribution in [0.2, 0.25) is 0 Å². The first-order valence-electron chi connectivity index (χ1n) is 11.6. The van der Waals surface area contributed by atoms with Crippen molar-refractivity contribution in [1.29, 1.82) is 0 Å². The maximum absolute atomic E-state index is 13.4. The zero-order valence-corrected chi connectivity index (χ0v) is 21.2. The van der Waals surface area contributed by atoms with Gasteiger partial charge in [-0.1, -0.05) is 60.7 Å². The van der Waals surface area contributed by atoms with E-state index in [2.05, 4.69) is 10.6 Å². The Morgan fingerprint density at radius 1 is 0.694 bits per heavy atom. The second-order valence-corrected chi connectivity index (χ2v) is 8.23. The van der Waals surface area contributed by atoms with Gasteiger partial charge < -0.3 is 24.8 Å². The lowest BCUT2D eigenvalue weighted by Gasteiger charge is -2.19. The summed E-state index contributed by atoms with van der Waals surface area (Å²) < 4.78 is 16.2. The molecule has 0 aliphatic heterocycles. The number of nitrogens with one attached hydrogen (secondary N) is 2. The first-order chi connectivity index (χ1) is 17.4. The Kier molecular flexibility index (Phi) is 9.11. The molecule has 0 fully saturated rings. The van der Waals surface area contributed by atoms with Crippen LogP contribution in [-0.4, -0.2) is 33.1 Å². The largest absolute Gasteiger partial charge is 0.493 e. The van der Waals surface area contributed by atoms with Crippen molar-refractivity contribution >= 4 is 17.9 Å². The third kappa shape index (κ3) is 6.44. The van der Waals surface area contributed by atoms with E-state index in [1.807, 2.05) is 74.5 Å². The van der Waals surface area contributed by atoms with Gasteiger partial charge in [-0.2, -0.15) is 0 Å². The zero-order valence-electron chi connectivity index (χ0n) is 21.2. The number of amides is 2. The van der Waals surface area contributed by atoms with Gasteiger partial charge in [0.25, 0.3) is 11.8 Å². The molecule has 0 unspecified atom stereocenters. The fourth-order valence-corrected chi connectivity index (χ4v) is 3.78. The summed E-state index contributed by atoms with van der Waals surface area (Å²) in [7, 11) is 4.53. The van der Waals surface area contributed by atoms with Crippen LogP contribution in [0.25, 0.3) is 6.08 Å². The Hall–Kier alpha value is -4.26. The van der Waals surface area contributed by atoms with E-state index in [1.54, 1.807) is 12.1 Å². The second-order valence-electron chi connectivity index (χ2n) is 8.23. The molecule has 0 spiro atoms. The van der Waals surface area contributed by atoms with Crippen LogP contribution in [0.3, 0.4) is 0 Å². The standard InChI is InChI=1S/C29H32N2O5/c1-19(22-12-8-6-9-13-22)30-28(32)24(29(33)31-20(2)23-14-10-7-11-15-23)16-21-17-25(34-3)27(36-5)26(18-21)35-4/h6-20H,1-5H3,(H,30,32)(H,31,33)/t19-,20-/m1/s1. The fraction of sp³-hybridized carbons (Fsp3) is 0.241. The van der Waals surface area contributed by atoms with Gasteiger partial charge in [0, 0.05) is 0 Å². The minimum Gasteiger partial charge on any atom is -0.493 e. The van der Waals surface area contributed by atoms with E-state index in [0.29, 0.717) is 22.8 Å². The van der Waals surface area contributed by atoms with E-state index in [0.717, 1.165) is 11.1 Å². The quantitative estimate of drug-likeness (QED) is 0.242. The molecule has 36 heavy (non-hydrogen) atoms. The third-order valence-corrected chi connectivity index (χ3v) is 5.78. The first-order valence-corrected chi connectivity index (χ1v) is 11.6. The molecule has 2 amide bonds. The minimum absolute atomic E-state index is 0.0464. The van der Waals surface area contributed by atoms with Crippen molar-refractivity contribution < 1.29 is 23.8 Å². The Bertz CT molecular complexity index is 1120. The van der Waals surface area contributed by atoms with Gasteiger partial charge in [-0.25, -0.2) is 0 Å². The number of ether oxygens (including phenoxy) is 3. The van der Waals surface area contributed by atoms with Crippen LogP contribution in [0.4, 0.5) is 0 Å². The average Bonchev–Trinajstić information content (AvgIpc) is 2.91. The van der Waals surface area contributed by atoms with Gasteiger partial charge >= 0.3 is 0 Å². The lowest BCUT2D eigenvalue weighted by molar-refractivity contribution is -0.124. The molecule has 3 aromatic carbocycles. The van der Waals surface area contributed by atoms with Gasteiger partial charge in [0.05, 0.1) is 33.4 Å². The molecule has 2 N–H and O–H groups in total. The Labute approximate surface area is 212 Å². The van der Waals surface area contributed by atoms with Crippen LogP contribution in [0.5, 0.6) is 17.2 Å². The number of carbonyl (C=O) groups excluding carboxylic acids is 2. The van der Waals surface area contributed by atoms with E-state index < -0.39 is 11.8 Å². The highest BCUT2D eigenvalue weighted by molar-refractivity contribution is 6.21. The van der Waals surface area contributed by atoms with Crippen LogP contribution in [0.1, 0.15) is 42.6 Å². The number of hydrogen-bond acceptors (Lipinski definition) is 5. The van der Waals surface area contributed by atoms with Crippen LogP contribution in [-0.2, 0) is 9.59 Å². The summed E-state index contributed by atoms with van der Waals surface area (Å²) in [5, 5.41) is 5.87. The normalized spacial score (nSPS) is 12.0. The summed E-state index contributed by atoms with van der Waals surface area (Å²) in [4.78, 5) is 26.8. The number of methoxy groups -OCH3 is 3. The minimum atomic E-state index is -0.502. The maximum Gasteiger partial charge on any atom is 0.257 e. The van der Waals surface area contributed by atoms with Gasteiger partial charge in [0.2, 0.25) is 5.75 Å². The highest BCUT2D eigenvalue weighted by Gasteiger charge is 2.23. The number of benzene rings is 3. The van der Waals surface area contributed by atoms with Gasteiger partial charge in [0.15, 0.2) is 11.5 Å². The Balaban J connectivity index is 1.98. The molecule has 0 aromatic heterocycles. The molecule has 3 rings (SSSR count). The van der Waals surface area contributed by atoms with Crippen LogP contribution in [0, 0.1) is 0 Å². The second kappa shape index (κ2) is 12.4. The van der Waals surface area contributed by atoms with Crippen LogP contribution >= 0.6 is 0 Å². The monoisotopic (exact) mass is 488 g/mol. The summed E-state index contributed by atoms with van der Waals surface area (Å²) in [5.74, 6) is 0.246. The van der Waals surface area contributed by atoms with Crippen molar-refractivity contribution in [2.45, 2.75) is 25.9 Å². The smallest absolute Gasteiger partial charge is 0.257 e. The molecule has 0 bridgehead atoms. The molecular formula is C29H32N2O5. The highest BCUT2D eigenvalue weighted by Crippen LogP contribution is 2.38. The van der Waals surface area contributed by atoms with E-state index in [1.165, 1.54) is 27.4 Å². The summed E-state index contributed by atoms with van der Waals surface area (Å²) in [6, 6.07) is 21.9. The molecule has 0 saturated heterocycles. The maximum atomic E-state index is 13.4. The number of rotatable bonds is 10. The lowest BCUT2D eigenvalue weighted by atomic mass is 10.0. The topological polar surface area (TPSA) is 85.9 Å². The zero-order chi connectivity index (χ0) is 26.1. The molecule has 7 heteroatoms. The molecule has 3 aromatic rings. The Morgan fingerprint density at radius 2 is 1.11 bits per heavy atom. The molecule has 188 valence electrons. The molecule has 0 saturated carbocycles. The van der Waals surface area contributed by atoms with Crippen molar-refractivity contribution in [3.63, 3.8) is 0 Å². The predicted molar refractivity (Wildman–Crippen MR) is 140 cm³/mol. The molecule has 0 radical (unpaired) electrons. The molecule has 0 aliphatic rings.